The average Bonchev–Trinajstić information content (AvgIpc) is 3.51. The van der Waals surface area contributed by atoms with E-state index >= 15 is 0 Å². The number of likely N-dealkylation sites (tertiary alicyclic amines) is 2. The topological polar surface area (TPSA) is 43.8 Å². The van der Waals surface area contributed by atoms with Crippen LogP contribution < -0.4 is 0 Å². The maximum Gasteiger partial charge on any atom is 0.325 e. The lowest BCUT2D eigenvalue weighted by atomic mass is 9.87. The molecule has 1 aromatic heterocycles. The maximum absolute atomic E-state index is 13.3. The first kappa shape index (κ1) is 23.2. The molecule has 2 aliphatic heterocycles. The number of rotatable bonds is 7. The van der Waals surface area contributed by atoms with E-state index in [0.717, 1.165) is 51.1 Å². The SMILES string of the molecule is O=C(O)C(c1ccccc1)N1C[C@@H](CN2CCC(c3ccc(F)cc3)CC2)[C@H](c2ccsc2)C1. The highest BCUT2D eigenvalue weighted by atomic mass is 32.1. The Morgan fingerprint density at radius 3 is 2.38 bits per heavy atom. The first-order chi connectivity index (χ1) is 16.6. The highest BCUT2D eigenvalue weighted by molar-refractivity contribution is 7.08. The van der Waals surface area contributed by atoms with Gasteiger partial charge in [-0.15, -0.1) is 0 Å². The van der Waals surface area contributed by atoms with E-state index in [0.29, 0.717) is 17.8 Å². The number of carboxylic acids is 1. The van der Waals surface area contributed by atoms with Crippen LogP contribution >= 0.6 is 11.3 Å². The second kappa shape index (κ2) is 10.4. The third-order valence-electron chi connectivity index (χ3n) is 7.58. The van der Waals surface area contributed by atoms with E-state index in [-0.39, 0.29) is 5.82 Å². The van der Waals surface area contributed by atoms with Crippen LogP contribution in [0.2, 0.25) is 0 Å². The Hall–Kier alpha value is -2.54. The van der Waals surface area contributed by atoms with E-state index in [9.17, 15) is 14.3 Å². The van der Waals surface area contributed by atoms with Crippen molar-refractivity contribution in [2.24, 2.45) is 5.92 Å². The van der Waals surface area contributed by atoms with Crippen molar-refractivity contribution in [1.29, 1.82) is 0 Å². The van der Waals surface area contributed by atoms with Gasteiger partial charge in [-0.3, -0.25) is 9.69 Å². The number of thiophene rings is 1. The zero-order valence-corrected chi connectivity index (χ0v) is 20.0. The Balaban J connectivity index is 1.28. The molecule has 2 aromatic carbocycles. The molecular formula is C28H31FN2O2S. The summed E-state index contributed by atoms with van der Waals surface area (Å²) in [5, 5.41) is 14.4. The summed E-state index contributed by atoms with van der Waals surface area (Å²) in [7, 11) is 0. The Bertz CT molecular complexity index is 1070. The minimum atomic E-state index is -0.781. The molecule has 4 nitrogen and oxygen atoms in total. The van der Waals surface area contributed by atoms with Crippen LogP contribution in [0.3, 0.4) is 0 Å². The molecule has 1 unspecified atom stereocenters. The molecule has 3 heterocycles. The Morgan fingerprint density at radius 1 is 1.00 bits per heavy atom. The quantitative estimate of drug-likeness (QED) is 0.480. The summed E-state index contributed by atoms with van der Waals surface area (Å²) in [5.41, 5.74) is 3.41. The van der Waals surface area contributed by atoms with Crippen molar-refractivity contribution in [1.82, 2.24) is 9.80 Å². The number of carbonyl (C=O) groups is 1. The lowest BCUT2D eigenvalue weighted by molar-refractivity contribution is -0.143. The molecule has 2 fully saturated rings. The fourth-order valence-corrected chi connectivity index (χ4v) is 6.55. The van der Waals surface area contributed by atoms with Crippen LogP contribution in [0, 0.1) is 11.7 Å². The number of carboxylic acid groups (broad SMARTS) is 1. The summed E-state index contributed by atoms with van der Waals surface area (Å²) >= 11 is 1.71. The maximum atomic E-state index is 13.3. The van der Waals surface area contributed by atoms with E-state index in [1.807, 2.05) is 42.5 Å². The molecule has 0 saturated carbocycles. The van der Waals surface area contributed by atoms with E-state index in [1.165, 1.54) is 11.1 Å². The van der Waals surface area contributed by atoms with Gasteiger partial charge in [0.05, 0.1) is 0 Å². The van der Waals surface area contributed by atoms with Gasteiger partial charge in [0.25, 0.3) is 0 Å². The molecule has 2 aliphatic rings. The number of nitrogens with zero attached hydrogens (tertiary/aromatic N) is 2. The molecule has 178 valence electrons. The van der Waals surface area contributed by atoms with Gasteiger partial charge in [0.2, 0.25) is 0 Å². The van der Waals surface area contributed by atoms with Gasteiger partial charge < -0.3 is 10.0 Å². The molecule has 0 radical (unpaired) electrons. The minimum absolute atomic E-state index is 0.179. The molecule has 1 N–H and O–H groups in total. The molecule has 0 bridgehead atoms. The molecule has 3 aromatic rings. The van der Waals surface area contributed by atoms with Crippen molar-refractivity contribution in [2.75, 3.05) is 32.7 Å². The van der Waals surface area contributed by atoms with Gasteiger partial charge in [-0.1, -0.05) is 42.5 Å². The first-order valence-corrected chi connectivity index (χ1v) is 13.0. The Morgan fingerprint density at radius 2 is 1.74 bits per heavy atom. The van der Waals surface area contributed by atoms with E-state index in [1.54, 1.807) is 23.5 Å². The van der Waals surface area contributed by atoms with Crippen molar-refractivity contribution < 1.29 is 14.3 Å². The average molecular weight is 479 g/mol. The van der Waals surface area contributed by atoms with E-state index in [2.05, 4.69) is 26.6 Å². The van der Waals surface area contributed by atoms with Gasteiger partial charge >= 0.3 is 5.97 Å². The van der Waals surface area contributed by atoms with E-state index < -0.39 is 12.0 Å². The fourth-order valence-electron chi connectivity index (χ4n) is 5.82. The van der Waals surface area contributed by atoms with Crippen LogP contribution in [-0.4, -0.2) is 53.6 Å². The smallest absolute Gasteiger partial charge is 0.325 e. The molecule has 2 saturated heterocycles. The zero-order valence-electron chi connectivity index (χ0n) is 19.2. The predicted molar refractivity (Wildman–Crippen MR) is 134 cm³/mol. The number of piperidine rings is 1. The normalized spacial score (nSPS) is 23.2. The monoisotopic (exact) mass is 478 g/mol. The first-order valence-electron chi connectivity index (χ1n) is 12.1. The largest absolute Gasteiger partial charge is 0.480 e. The molecule has 0 aliphatic carbocycles. The van der Waals surface area contributed by atoms with Gasteiger partial charge in [-0.2, -0.15) is 11.3 Å². The van der Waals surface area contributed by atoms with Crippen LogP contribution in [0.4, 0.5) is 4.39 Å². The van der Waals surface area contributed by atoms with Crippen LogP contribution in [0.25, 0.3) is 0 Å². The van der Waals surface area contributed by atoms with Crippen molar-refractivity contribution >= 4 is 17.3 Å². The van der Waals surface area contributed by atoms with Crippen LogP contribution in [0.15, 0.2) is 71.4 Å². The lowest BCUT2D eigenvalue weighted by Gasteiger charge is -2.35. The van der Waals surface area contributed by atoms with Gasteiger partial charge in [0, 0.05) is 25.6 Å². The Kier molecular flexibility index (Phi) is 7.09. The van der Waals surface area contributed by atoms with Crippen molar-refractivity contribution in [3.05, 3.63) is 93.9 Å². The van der Waals surface area contributed by atoms with Crippen molar-refractivity contribution in [3.63, 3.8) is 0 Å². The lowest BCUT2D eigenvalue weighted by Crippen LogP contribution is -2.38. The highest BCUT2D eigenvalue weighted by Gasteiger charge is 2.41. The summed E-state index contributed by atoms with van der Waals surface area (Å²) in [6.45, 7) is 4.57. The van der Waals surface area contributed by atoms with Gasteiger partial charge in [-0.25, -0.2) is 4.39 Å². The fraction of sp³-hybridized carbons (Fsp3) is 0.393. The molecule has 3 atom stereocenters. The third-order valence-corrected chi connectivity index (χ3v) is 8.28. The summed E-state index contributed by atoms with van der Waals surface area (Å²) in [4.78, 5) is 17.0. The zero-order chi connectivity index (χ0) is 23.5. The number of hydrogen-bond donors (Lipinski definition) is 1. The minimum Gasteiger partial charge on any atom is -0.480 e. The molecule has 0 spiro atoms. The molecule has 5 rings (SSSR count). The summed E-state index contributed by atoms with van der Waals surface area (Å²) < 4.78 is 13.3. The Labute approximate surface area is 204 Å². The molecular weight excluding hydrogens is 447 g/mol. The van der Waals surface area contributed by atoms with Crippen LogP contribution in [0.5, 0.6) is 0 Å². The molecule has 34 heavy (non-hydrogen) atoms. The van der Waals surface area contributed by atoms with Gasteiger partial charge in [0.15, 0.2) is 0 Å². The predicted octanol–water partition coefficient (Wildman–Crippen LogP) is 5.61. The summed E-state index contributed by atoms with van der Waals surface area (Å²) in [5.74, 6) is 0.255. The van der Waals surface area contributed by atoms with Gasteiger partial charge in [0.1, 0.15) is 11.9 Å². The highest BCUT2D eigenvalue weighted by Crippen LogP contribution is 2.39. The third kappa shape index (κ3) is 5.09. The van der Waals surface area contributed by atoms with Crippen LogP contribution in [0.1, 0.15) is 47.4 Å². The second-order valence-corrected chi connectivity index (χ2v) is 10.4. The molecule has 6 heteroatoms. The standard InChI is InChI=1S/C28H31FN2O2S/c29-25-8-6-20(7-9-25)21-10-13-30(14-11-21)16-24-17-31(18-26(24)23-12-15-34-19-23)27(28(32)33)22-4-2-1-3-5-22/h1-9,12,15,19,21,24,26-27H,10-11,13-14,16-18H2,(H,32,33)/t24-,26+,27?/m1/s1. The van der Waals surface area contributed by atoms with Gasteiger partial charge in [-0.05, 0) is 83.4 Å². The van der Waals surface area contributed by atoms with Crippen molar-refractivity contribution in [2.45, 2.75) is 30.7 Å². The molecule has 0 amide bonds. The summed E-state index contributed by atoms with van der Waals surface area (Å²) in [6.07, 6.45) is 2.15. The number of benzene rings is 2. The number of halogens is 1. The number of aliphatic carboxylic acids is 1. The second-order valence-electron chi connectivity index (χ2n) is 9.66. The van der Waals surface area contributed by atoms with Crippen molar-refractivity contribution in [3.8, 4) is 0 Å². The summed E-state index contributed by atoms with van der Waals surface area (Å²) in [6, 6.07) is 18.2. The van der Waals surface area contributed by atoms with Crippen LogP contribution in [-0.2, 0) is 4.79 Å². The van der Waals surface area contributed by atoms with E-state index in [4.69, 9.17) is 0 Å². The number of hydrogen-bond acceptors (Lipinski definition) is 4.